The standard InChI is InChI=1S/C21H28FN5O/c1-26-8-10-27(11-9-26)20-4-2-3-16-5-6-18(13-19(16)20)28-12-7-23-21-24-14-17(22)15-25-21/h5-6,13-15,20H,2-4,7-12H2,1H3,(H,23,24,25). The topological polar surface area (TPSA) is 53.5 Å². The maximum Gasteiger partial charge on any atom is 0.222 e. The predicted octanol–water partition coefficient (Wildman–Crippen LogP) is 2.73. The van der Waals surface area contributed by atoms with Crippen molar-refractivity contribution in [3.05, 3.63) is 47.5 Å². The Hall–Kier alpha value is -2.25. The second-order valence-electron chi connectivity index (χ2n) is 7.61. The molecule has 1 aliphatic heterocycles. The predicted molar refractivity (Wildman–Crippen MR) is 107 cm³/mol. The molecule has 0 amide bonds. The first kappa shape index (κ1) is 19.1. The Morgan fingerprint density at radius 2 is 1.96 bits per heavy atom. The van der Waals surface area contributed by atoms with E-state index in [9.17, 15) is 4.39 Å². The lowest BCUT2D eigenvalue weighted by molar-refractivity contribution is 0.102. The number of rotatable bonds is 6. The highest BCUT2D eigenvalue weighted by atomic mass is 19.1. The third-order valence-electron chi connectivity index (χ3n) is 5.65. The molecule has 7 heteroatoms. The Morgan fingerprint density at radius 1 is 1.18 bits per heavy atom. The largest absolute Gasteiger partial charge is 0.492 e. The molecule has 1 atom stereocenters. The molecule has 1 aromatic carbocycles. The van der Waals surface area contributed by atoms with Crippen LogP contribution >= 0.6 is 0 Å². The molecule has 1 fully saturated rings. The van der Waals surface area contributed by atoms with Gasteiger partial charge in [-0.05, 0) is 49.6 Å². The summed E-state index contributed by atoms with van der Waals surface area (Å²) in [7, 11) is 2.20. The lowest BCUT2D eigenvalue weighted by atomic mass is 9.86. The molecule has 0 bridgehead atoms. The van der Waals surface area contributed by atoms with Crippen molar-refractivity contribution in [2.45, 2.75) is 25.3 Å². The van der Waals surface area contributed by atoms with Crippen molar-refractivity contribution in [2.24, 2.45) is 0 Å². The van der Waals surface area contributed by atoms with Gasteiger partial charge in [0.15, 0.2) is 5.82 Å². The zero-order valence-corrected chi connectivity index (χ0v) is 16.4. The minimum atomic E-state index is -0.439. The highest BCUT2D eigenvalue weighted by molar-refractivity contribution is 5.39. The number of nitrogens with one attached hydrogen (secondary N) is 1. The van der Waals surface area contributed by atoms with E-state index in [0.29, 0.717) is 25.1 Å². The first-order valence-electron chi connectivity index (χ1n) is 10.1. The van der Waals surface area contributed by atoms with Gasteiger partial charge in [0, 0.05) is 32.2 Å². The number of likely N-dealkylation sites (N-methyl/N-ethyl adjacent to an activating group) is 1. The molecule has 6 nitrogen and oxygen atoms in total. The van der Waals surface area contributed by atoms with Crippen LogP contribution in [0.25, 0.3) is 0 Å². The van der Waals surface area contributed by atoms with Gasteiger partial charge in [-0.2, -0.15) is 0 Å². The zero-order chi connectivity index (χ0) is 19.3. The van der Waals surface area contributed by atoms with E-state index in [4.69, 9.17) is 4.74 Å². The molecule has 1 aliphatic carbocycles. The molecule has 2 aliphatic rings. The normalized spacial score (nSPS) is 20.6. The first-order chi connectivity index (χ1) is 13.7. The van der Waals surface area contributed by atoms with E-state index >= 15 is 0 Å². The molecule has 28 heavy (non-hydrogen) atoms. The van der Waals surface area contributed by atoms with Crippen molar-refractivity contribution in [3.8, 4) is 5.75 Å². The van der Waals surface area contributed by atoms with E-state index in [1.807, 2.05) is 0 Å². The van der Waals surface area contributed by atoms with E-state index in [0.717, 1.165) is 50.7 Å². The van der Waals surface area contributed by atoms with Crippen LogP contribution in [0.5, 0.6) is 5.75 Å². The van der Waals surface area contributed by atoms with Crippen molar-refractivity contribution in [1.82, 2.24) is 19.8 Å². The van der Waals surface area contributed by atoms with Crippen LogP contribution in [0, 0.1) is 5.82 Å². The minimum absolute atomic E-state index is 0.408. The number of hydrogen-bond donors (Lipinski definition) is 1. The zero-order valence-electron chi connectivity index (χ0n) is 16.4. The Balaban J connectivity index is 1.35. The number of piperazine rings is 1. The molecule has 2 heterocycles. The summed E-state index contributed by atoms with van der Waals surface area (Å²) < 4.78 is 18.8. The number of hydrogen-bond acceptors (Lipinski definition) is 6. The number of nitrogens with zero attached hydrogens (tertiary/aromatic N) is 4. The van der Waals surface area contributed by atoms with Gasteiger partial charge in [-0.15, -0.1) is 0 Å². The van der Waals surface area contributed by atoms with Gasteiger partial charge < -0.3 is 15.0 Å². The van der Waals surface area contributed by atoms with Crippen molar-refractivity contribution < 1.29 is 9.13 Å². The summed E-state index contributed by atoms with van der Waals surface area (Å²) in [5.41, 5.74) is 2.89. The third kappa shape index (κ3) is 4.59. The Labute approximate surface area is 165 Å². The van der Waals surface area contributed by atoms with Gasteiger partial charge in [-0.1, -0.05) is 6.07 Å². The van der Waals surface area contributed by atoms with Crippen molar-refractivity contribution >= 4 is 5.95 Å². The third-order valence-corrected chi connectivity index (χ3v) is 5.65. The fraction of sp³-hybridized carbons (Fsp3) is 0.524. The van der Waals surface area contributed by atoms with Crippen LogP contribution in [-0.2, 0) is 6.42 Å². The van der Waals surface area contributed by atoms with Gasteiger partial charge in [0.25, 0.3) is 0 Å². The average Bonchev–Trinajstić information content (AvgIpc) is 2.73. The van der Waals surface area contributed by atoms with Crippen LogP contribution in [0.4, 0.5) is 10.3 Å². The number of aromatic nitrogens is 2. The van der Waals surface area contributed by atoms with E-state index in [2.05, 4.69) is 50.3 Å². The molecule has 1 unspecified atom stereocenters. The number of benzene rings is 1. The summed E-state index contributed by atoms with van der Waals surface area (Å²) >= 11 is 0. The van der Waals surface area contributed by atoms with Crippen molar-refractivity contribution in [3.63, 3.8) is 0 Å². The summed E-state index contributed by atoms with van der Waals surface area (Å²) in [6.45, 7) is 5.60. The van der Waals surface area contributed by atoms with Gasteiger partial charge in [-0.3, -0.25) is 4.90 Å². The molecular weight excluding hydrogens is 357 g/mol. The lowest BCUT2D eigenvalue weighted by Crippen LogP contribution is -2.46. The summed E-state index contributed by atoms with van der Waals surface area (Å²) in [6, 6.07) is 7.03. The number of fused-ring (bicyclic) bond motifs is 1. The maximum absolute atomic E-state index is 12.8. The summed E-state index contributed by atoms with van der Waals surface area (Å²) in [5.74, 6) is 0.873. The van der Waals surface area contributed by atoms with Gasteiger partial charge >= 0.3 is 0 Å². The number of aryl methyl sites for hydroxylation is 1. The summed E-state index contributed by atoms with van der Waals surface area (Å²) in [4.78, 5) is 12.8. The smallest absolute Gasteiger partial charge is 0.222 e. The lowest BCUT2D eigenvalue weighted by Gasteiger charge is -2.40. The molecular formula is C21H28FN5O. The monoisotopic (exact) mass is 385 g/mol. The van der Waals surface area contributed by atoms with Gasteiger partial charge in [-0.25, -0.2) is 14.4 Å². The van der Waals surface area contributed by atoms with E-state index in [-0.39, 0.29) is 0 Å². The van der Waals surface area contributed by atoms with Crippen LogP contribution in [0.3, 0.4) is 0 Å². The SMILES string of the molecule is CN1CCN(C2CCCc3ccc(OCCNc4ncc(F)cn4)cc32)CC1. The van der Waals surface area contributed by atoms with E-state index < -0.39 is 5.82 Å². The average molecular weight is 385 g/mol. The van der Waals surface area contributed by atoms with Crippen molar-refractivity contribution in [2.75, 3.05) is 51.7 Å². The first-order valence-corrected chi connectivity index (χ1v) is 10.1. The molecule has 0 spiro atoms. The molecule has 1 aromatic heterocycles. The van der Waals surface area contributed by atoms with Crippen LogP contribution in [0.2, 0.25) is 0 Å². The molecule has 4 rings (SSSR count). The minimum Gasteiger partial charge on any atom is -0.492 e. The highest BCUT2D eigenvalue weighted by Crippen LogP contribution is 2.36. The second-order valence-corrected chi connectivity index (χ2v) is 7.61. The van der Waals surface area contributed by atoms with Gasteiger partial charge in [0.05, 0.1) is 18.9 Å². The Morgan fingerprint density at radius 3 is 2.75 bits per heavy atom. The molecule has 150 valence electrons. The number of halogens is 1. The summed E-state index contributed by atoms with van der Waals surface area (Å²) in [5, 5.41) is 3.04. The Kier molecular flexibility index (Phi) is 6.02. The van der Waals surface area contributed by atoms with Crippen LogP contribution < -0.4 is 10.1 Å². The summed E-state index contributed by atoms with van der Waals surface area (Å²) in [6.07, 6.45) is 5.94. The van der Waals surface area contributed by atoms with Crippen LogP contribution in [-0.4, -0.2) is 66.1 Å². The Bertz CT molecular complexity index is 777. The van der Waals surface area contributed by atoms with Gasteiger partial charge in [0.2, 0.25) is 5.95 Å². The quantitative estimate of drug-likeness (QED) is 0.772. The number of ether oxygens (including phenoxy) is 1. The molecule has 1 saturated heterocycles. The maximum atomic E-state index is 12.8. The molecule has 0 saturated carbocycles. The van der Waals surface area contributed by atoms with E-state index in [1.54, 1.807) is 0 Å². The van der Waals surface area contributed by atoms with E-state index in [1.165, 1.54) is 24.0 Å². The fourth-order valence-electron chi connectivity index (χ4n) is 4.09. The van der Waals surface area contributed by atoms with Crippen LogP contribution in [0.1, 0.15) is 30.0 Å². The number of anilines is 1. The molecule has 1 N–H and O–H groups in total. The highest BCUT2D eigenvalue weighted by Gasteiger charge is 2.28. The van der Waals surface area contributed by atoms with Crippen LogP contribution in [0.15, 0.2) is 30.6 Å². The van der Waals surface area contributed by atoms with Crippen molar-refractivity contribution in [1.29, 1.82) is 0 Å². The molecule has 2 aromatic rings. The fourth-order valence-corrected chi connectivity index (χ4v) is 4.09. The second kappa shape index (κ2) is 8.84. The molecule has 0 radical (unpaired) electrons. The van der Waals surface area contributed by atoms with Gasteiger partial charge in [0.1, 0.15) is 12.4 Å².